The van der Waals surface area contributed by atoms with Gasteiger partial charge in [0.2, 0.25) is 0 Å². The molecule has 4 rings (SSSR count). The number of ketones is 1. The molecule has 4 heteroatoms. The van der Waals surface area contributed by atoms with Crippen molar-refractivity contribution in [2.24, 2.45) is 5.92 Å². The number of piperidine rings is 1. The summed E-state index contributed by atoms with van der Waals surface area (Å²) < 4.78 is 0. The van der Waals surface area contributed by atoms with E-state index in [4.69, 9.17) is 16.6 Å². The number of hydrogen-bond acceptors (Lipinski definition) is 3. The summed E-state index contributed by atoms with van der Waals surface area (Å²) in [5.41, 5.74) is 3.37. The zero-order valence-electron chi connectivity index (χ0n) is 14.5. The van der Waals surface area contributed by atoms with Crippen molar-refractivity contribution in [2.75, 3.05) is 13.1 Å². The fourth-order valence-electron chi connectivity index (χ4n) is 3.66. The number of hydrogen-bond donors (Lipinski definition) is 1. The molecule has 132 valence electrons. The van der Waals surface area contributed by atoms with E-state index < -0.39 is 0 Å². The predicted molar refractivity (Wildman–Crippen MR) is 107 cm³/mol. The molecule has 0 saturated carbocycles. The average Bonchev–Trinajstić information content (AvgIpc) is 2.68. The van der Waals surface area contributed by atoms with Gasteiger partial charge >= 0.3 is 0 Å². The van der Waals surface area contributed by atoms with Crippen molar-refractivity contribution in [1.29, 1.82) is 0 Å². The molecule has 3 aromatic rings. The zero-order chi connectivity index (χ0) is 17.9. The van der Waals surface area contributed by atoms with E-state index in [0.29, 0.717) is 17.4 Å². The summed E-state index contributed by atoms with van der Waals surface area (Å²) in [7, 11) is 0. The van der Waals surface area contributed by atoms with Crippen LogP contribution in [0.1, 0.15) is 29.6 Å². The van der Waals surface area contributed by atoms with Gasteiger partial charge in [-0.1, -0.05) is 41.9 Å². The molecule has 2 heterocycles. The van der Waals surface area contributed by atoms with Gasteiger partial charge in [-0.2, -0.15) is 0 Å². The molecule has 1 fully saturated rings. The summed E-state index contributed by atoms with van der Waals surface area (Å²) in [6.07, 6.45) is 2.80. The molecule has 1 N–H and O–H groups in total. The third-order valence-electron chi connectivity index (χ3n) is 5.01. The van der Waals surface area contributed by atoms with Crippen LogP contribution < -0.4 is 5.32 Å². The maximum Gasteiger partial charge on any atom is 0.163 e. The van der Waals surface area contributed by atoms with Gasteiger partial charge in [-0.3, -0.25) is 4.79 Å². The molecular formula is C22H21ClN2O. The molecule has 1 unspecified atom stereocenters. The summed E-state index contributed by atoms with van der Waals surface area (Å²) >= 11 is 6.19. The van der Waals surface area contributed by atoms with Crippen molar-refractivity contribution in [3.63, 3.8) is 0 Å². The lowest BCUT2D eigenvalue weighted by atomic mass is 9.90. The number of benzene rings is 2. The van der Waals surface area contributed by atoms with Gasteiger partial charge in [-0.05, 0) is 56.1 Å². The molecule has 1 aliphatic rings. The summed E-state index contributed by atoms with van der Waals surface area (Å²) in [6, 6.07) is 17.5. The minimum atomic E-state index is 0.172. The third kappa shape index (κ3) is 3.64. The highest BCUT2D eigenvalue weighted by atomic mass is 35.5. The standard InChI is InChI=1S/C22H21ClN2O/c23-17-8-9-20-18(12-17)19(22(26)11-15-5-4-10-24-14-15)13-21(25-20)16-6-2-1-3-7-16/h1-3,6-9,12-13,15,24H,4-5,10-11,14H2. The largest absolute Gasteiger partial charge is 0.316 e. The van der Waals surface area contributed by atoms with Crippen LogP contribution in [0, 0.1) is 5.92 Å². The van der Waals surface area contributed by atoms with Crippen LogP contribution in [0.2, 0.25) is 5.02 Å². The molecule has 1 aromatic heterocycles. The maximum absolute atomic E-state index is 13.1. The van der Waals surface area contributed by atoms with Gasteiger partial charge < -0.3 is 5.32 Å². The first-order valence-corrected chi connectivity index (χ1v) is 9.48. The predicted octanol–water partition coefficient (Wildman–Crippen LogP) is 5.13. The number of rotatable bonds is 4. The molecular weight excluding hydrogens is 344 g/mol. The van der Waals surface area contributed by atoms with Crippen molar-refractivity contribution in [3.8, 4) is 11.3 Å². The monoisotopic (exact) mass is 364 g/mol. The van der Waals surface area contributed by atoms with E-state index >= 15 is 0 Å². The van der Waals surface area contributed by atoms with Crippen LogP contribution >= 0.6 is 11.6 Å². The Kier molecular flexibility index (Phi) is 5.00. The van der Waals surface area contributed by atoms with Gasteiger partial charge in [0.1, 0.15) is 0 Å². The lowest BCUT2D eigenvalue weighted by Crippen LogP contribution is -2.31. The number of nitrogens with zero attached hydrogens (tertiary/aromatic N) is 1. The van der Waals surface area contributed by atoms with Crippen molar-refractivity contribution >= 4 is 28.3 Å². The van der Waals surface area contributed by atoms with Gasteiger partial charge in [0.05, 0.1) is 11.2 Å². The number of aromatic nitrogens is 1. The number of halogens is 1. The van der Waals surface area contributed by atoms with E-state index in [-0.39, 0.29) is 5.78 Å². The fourth-order valence-corrected chi connectivity index (χ4v) is 3.83. The summed E-state index contributed by atoms with van der Waals surface area (Å²) in [5, 5.41) is 4.85. The fraction of sp³-hybridized carbons (Fsp3) is 0.273. The molecule has 0 amide bonds. The number of carbonyl (C=O) groups excluding carboxylic acids is 1. The number of nitrogens with one attached hydrogen (secondary N) is 1. The van der Waals surface area contributed by atoms with Gasteiger partial charge in [0, 0.05) is 28.0 Å². The first-order valence-electron chi connectivity index (χ1n) is 9.10. The van der Waals surface area contributed by atoms with E-state index in [9.17, 15) is 4.79 Å². The van der Waals surface area contributed by atoms with Crippen LogP contribution in [0.5, 0.6) is 0 Å². The number of fused-ring (bicyclic) bond motifs is 1. The second-order valence-corrected chi connectivity index (χ2v) is 7.36. The number of pyridine rings is 1. The maximum atomic E-state index is 13.1. The topological polar surface area (TPSA) is 42.0 Å². The Morgan fingerprint density at radius 2 is 2.00 bits per heavy atom. The highest BCUT2D eigenvalue weighted by molar-refractivity contribution is 6.31. The molecule has 3 nitrogen and oxygen atoms in total. The van der Waals surface area contributed by atoms with Gasteiger partial charge in [0.15, 0.2) is 5.78 Å². The van der Waals surface area contributed by atoms with E-state index in [0.717, 1.165) is 53.7 Å². The van der Waals surface area contributed by atoms with Crippen molar-refractivity contribution in [1.82, 2.24) is 10.3 Å². The second-order valence-electron chi connectivity index (χ2n) is 6.92. The lowest BCUT2D eigenvalue weighted by molar-refractivity contribution is 0.0955. The van der Waals surface area contributed by atoms with Gasteiger partial charge in [-0.25, -0.2) is 4.98 Å². The van der Waals surface area contributed by atoms with E-state index in [1.165, 1.54) is 0 Å². The molecule has 26 heavy (non-hydrogen) atoms. The molecule has 1 aliphatic heterocycles. The minimum absolute atomic E-state index is 0.172. The SMILES string of the molecule is O=C(CC1CCCNC1)c1cc(-c2ccccc2)nc2ccc(Cl)cc12. The van der Waals surface area contributed by atoms with Crippen LogP contribution in [0.4, 0.5) is 0 Å². The molecule has 1 saturated heterocycles. The first-order chi connectivity index (χ1) is 12.7. The van der Waals surface area contributed by atoms with Crippen LogP contribution in [-0.4, -0.2) is 23.9 Å². The van der Waals surface area contributed by atoms with Crippen LogP contribution in [0.25, 0.3) is 22.2 Å². The Labute approximate surface area is 158 Å². The van der Waals surface area contributed by atoms with E-state index in [2.05, 4.69) is 5.32 Å². The van der Waals surface area contributed by atoms with Crippen molar-refractivity contribution < 1.29 is 4.79 Å². The van der Waals surface area contributed by atoms with Crippen LogP contribution in [0.15, 0.2) is 54.6 Å². The molecule has 1 atom stereocenters. The third-order valence-corrected chi connectivity index (χ3v) is 5.25. The molecule has 0 aliphatic carbocycles. The molecule has 0 radical (unpaired) electrons. The highest BCUT2D eigenvalue weighted by Crippen LogP contribution is 2.29. The van der Waals surface area contributed by atoms with Gasteiger partial charge in [-0.15, -0.1) is 0 Å². The average molecular weight is 365 g/mol. The minimum Gasteiger partial charge on any atom is -0.316 e. The Bertz CT molecular complexity index is 934. The zero-order valence-corrected chi connectivity index (χ0v) is 15.3. The second kappa shape index (κ2) is 7.56. The number of carbonyl (C=O) groups is 1. The Morgan fingerprint density at radius 3 is 2.77 bits per heavy atom. The van der Waals surface area contributed by atoms with Crippen LogP contribution in [0.3, 0.4) is 0 Å². The summed E-state index contributed by atoms with van der Waals surface area (Å²) in [6.45, 7) is 1.97. The molecule has 0 spiro atoms. The highest BCUT2D eigenvalue weighted by Gasteiger charge is 2.20. The Hall–Kier alpha value is -2.23. The Morgan fingerprint density at radius 1 is 1.15 bits per heavy atom. The Balaban J connectivity index is 1.77. The summed E-state index contributed by atoms with van der Waals surface area (Å²) in [5.74, 6) is 0.573. The van der Waals surface area contributed by atoms with E-state index in [1.54, 1.807) is 0 Å². The summed E-state index contributed by atoms with van der Waals surface area (Å²) in [4.78, 5) is 17.9. The van der Waals surface area contributed by atoms with Crippen molar-refractivity contribution in [3.05, 3.63) is 65.2 Å². The van der Waals surface area contributed by atoms with E-state index in [1.807, 2.05) is 54.6 Å². The van der Waals surface area contributed by atoms with Gasteiger partial charge in [0.25, 0.3) is 0 Å². The normalized spacial score (nSPS) is 17.3. The van der Waals surface area contributed by atoms with Crippen molar-refractivity contribution in [2.45, 2.75) is 19.3 Å². The molecule has 0 bridgehead atoms. The smallest absolute Gasteiger partial charge is 0.163 e. The van der Waals surface area contributed by atoms with Crippen LogP contribution in [-0.2, 0) is 0 Å². The lowest BCUT2D eigenvalue weighted by Gasteiger charge is -2.22. The molecule has 2 aromatic carbocycles. The number of Topliss-reactive ketones (excluding diaryl/α,β-unsaturated/α-hetero) is 1. The quantitative estimate of drug-likeness (QED) is 0.653. The first kappa shape index (κ1) is 17.2.